The maximum Gasteiger partial charge on any atom is 0.123 e. The van der Waals surface area contributed by atoms with Gasteiger partial charge < -0.3 is 14.9 Å². The minimum atomic E-state index is -0.350. The van der Waals surface area contributed by atoms with Crippen molar-refractivity contribution in [2.45, 2.75) is 32.2 Å². The lowest BCUT2D eigenvalue weighted by Gasteiger charge is -2.11. The van der Waals surface area contributed by atoms with Gasteiger partial charge in [-0.25, -0.2) is 0 Å². The number of fused-ring (bicyclic) bond motifs is 1. The van der Waals surface area contributed by atoms with Gasteiger partial charge in [-0.3, -0.25) is 0 Å². The van der Waals surface area contributed by atoms with Gasteiger partial charge in [0.25, 0.3) is 0 Å². The van der Waals surface area contributed by atoms with Crippen molar-refractivity contribution in [1.82, 2.24) is 0 Å². The third-order valence-electron chi connectivity index (χ3n) is 3.80. The smallest absolute Gasteiger partial charge is 0.123 e. The Balaban J connectivity index is 1.72. The van der Waals surface area contributed by atoms with E-state index >= 15 is 0 Å². The molecule has 2 aromatic carbocycles. The van der Waals surface area contributed by atoms with Gasteiger partial charge in [0.2, 0.25) is 0 Å². The van der Waals surface area contributed by atoms with E-state index in [2.05, 4.69) is 0 Å². The van der Waals surface area contributed by atoms with Gasteiger partial charge in [-0.2, -0.15) is 0 Å². The van der Waals surface area contributed by atoms with Crippen molar-refractivity contribution in [3.8, 4) is 5.75 Å². The maximum atomic E-state index is 9.87. The molecule has 0 aromatic heterocycles. The first-order valence-corrected chi connectivity index (χ1v) is 6.89. The van der Waals surface area contributed by atoms with Crippen LogP contribution in [0.15, 0.2) is 42.5 Å². The normalized spacial score (nSPS) is 17.0. The van der Waals surface area contributed by atoms with E-state index in [1.54, 1.807) is 0 Å². The molecule has 1 aliphatic rings. The summed E-state index contributed by atoms with van der Waals surface area (Å²) in [6.07, 6.45) is 1.30. The highest BCUT2D eigenvalue weighted by atomic mass is 16.5. The second-order valence-electron chi connectivity index (χ2n) is 5.14. The van der Waals surface area contributed by atoms with E-state index in [9.17, 15) is 5.11 Å². The molecule has 3 heteroatoms. The number of benzene rings is 2. The van der Waals surface area contributed by atoms with Crippen molar-refractivity contribution >= 4 is 0 Å². The molecule has 0 saturated carbocycles. The molecule has 0 saturated heterocycles. The largest absolute Gasteiger partial charge is 0.489 e. The molecule has 0 fully saturated rings. The Kier molecular flexibility index (Phi) is 3.72. The molecule has 0 bridgehead atoms. The summed E-state index contributed by atoms with van der Waals surface area (Å²) in [5, 5.41) is 18.9. The highest BCUT2D eigenvalue weighted by Crippen LogP contribution is 2.36. The van der Waals surface area contributed by atoms with Gasteiger partial charge >= 0.3 is 0 Å². The van der Waals surface area contributed by atoms with Crippen LogP contribution in [0.25, 0.3) is 0 Å². The van der Waals surface area contributed by atoms with E-state index in [1.165, 1.54) is 0 Å². The number of hydrogen-bond donors (Lipinski definition) is 2. The van der Waals surface area contributed by atoms with Crippen LogP contribution in [0.4, 0.5) is 0 Å². The fourth-order valence-corrected chi connectivity index (χ4v) is 2.64. The Morgan fingerprint density at radius 2 is 1.80 bits per heavy atom. The molecule has 0 spiro atoms. The van der Waals surface area contributed by atoms with E-state index in [-0.39, 0.29) is 12.7 Å². The summed E-state index contributed by atoms with van der Waals surface area (Å²) in [4.78, 5) is 0. The minimum Gasteiger partial charge on any atom is -0.489 e. The first kappa shape index (κ1) is 13.2. The van der Waals surface area contributed by atoms with Crippen LogP contribution in [-0.2, 0) is 19.6 Å². The second-order valence-corrected chi connectivity index (χ2v) is 5.14. The van der Waals surface area contributed by atoms with Gasteiger partial charge in [-0.05, 0) is 35.6 Å². The molecule has 20 heavy (non-hydrogen) atoms. The Morgan fingerprint density at radius 3 is 2.55 bits per heavy atom. The molecule has 1 atom stereocenters. The SMILES string of the molecule is OCc1ccc(COc2cccc3c2CCC3O)cc1. The summed E-state index contributed by atoms with van der Waals surface area (Å²) in [6.45, 7) is 0.559. The highest BCUT2D eigenvalue weighted by molar-refractivity contribution is 5.44. The van der Waals surface area contributed by atoms with Crippen molar-refractivity contribution in [3.63, 3.8) is 0 Å². The van der Waals surface area contributed by atoms with Crippen LogP contribution in [0.3, 0.4) is 0 Å². The molecule has 0 radical (unpaired) electrons. The lowest BCUT2D eigenvalue weighted by Crippen LogP contribution is -1.99. The monoisotopic (exact) mass is 270 g/mol. The molecule has 2 N–H and O–H groups in total. The molecule has 0 heterocycles. The Bertz CT molecular complexity index is 590. The molecule has 3 nitrogen and oxygen atoms in total. The van der Waals surface area contributed by atoms with Crippen LogP contribution in [0.1, 0.15) is 34.8 Å². The molecule has 2 aromatic rings. The van der Waals surface area contributed by atoms with Crippen LogP contribution in [0.2, 0.25) is 0 Å². The summed E-state index contributed by atoms with van der Waals surface area (Å²) in [5.41, 5.74) is 4.10. The topological polar surface area (TPSA) is 49.7 Å². The lowest BCUT2D eigenvalue weighted by molar-refractivity contribution is 0.180. The standard InChI is InChI=1S/C17H18O3/c18-10-12-4-6-13(7-5-12)11-20-17-3-1-2-14-15(17)8-9-16(14)19/h1-7,16,18-19H,8-11H2. The van der Waals surface area contributed by atoms with E-state index in [4.69, 9.17) is 9.84 Å². The molecule has 0 amide bonds. The Hall–Kier alpha value is -1.84. The third kappa shape index (κ3) is 2.55. The lowest BCUT2D eigenvalue weighted by atomic mass is 10.1. The number of aliphatic hydroxyl groups is 2. The fraction of sp³-hybridized carbons (Fsp3) is 0.294. The van der Waals surface area contributed by atoms with Crippen molar-refractivity contribution in [3.05, 3.63) is 64.7 Å². The van der Waals surface area contributed by atoms with Gasteiger partial charge in [0.05, 0.1) is 12.7 Å². The zero-order valence-electron chi connectivity index (χ0n) is 11.2. The molecule has 3 rings (SSSR count). The number of aliphatic hydroxyl groups excluding tert-OH is 2. The van der Waals surface area contributed by atoms with Gasteiger partial charge in [-0.15, -0.1) is 0 Å². The van der Waals surface area contributed by atoms with Crippen LogP contribution in [-0.4, -0.2) is 10.2 Å². The maximum absolute atomic E-state index is 9.87. The van der Waals surface area contributed by atoms with Crippen LogP contribution >= 0.6 is 0 Å². The Labute approximate surface area is 118 Å². The third-order valence-corrected chi connectivity index (χ3v) is 3.80. The number of rotatable bonds is 4. The predicted octanol–water partition coefficient (Wildman–Crippen LogP) is 2.74. The van der Waals surface area contributed by atoms with Crippen LogP contribution < -0.4 is 4.74 Å². The first-order valence-electron chi connectivity index (χ1n) is 6.89. The summed E-state index contributed by atoms with van der Waals surface area (Å²) < 4.78 is 5.88. The zero-order chi connectivity index (χ0) is 13.9. The first-order chi connectivity index (χ1) is 9.78. The van der Waals surface area contributed by atoms with E-state index in [1.807, 2.05) is 42.5 Å². The van der Waals surface area contributed by atoms with Crippen molar-refractivity contribution in [2.75, 3.05) is 0 Å². The van der Waals surface area contributed by atoms with Gasteiger partial charge in [0.15, 0.2) is 0 Å². The van der Waals surface area contributed by atoms with Crippen molar-refractivity contribution in [1.29, 1.82) is 0 Å². The number of hydrogen-bond acceptors (Lipinski definition) is 3. The minimum absolute atomic E-state index is 0.0607. The molecule has 1 unspecified atom stereocenters. The fourth-order valence-electron chi connectivity index (χ4n) is 2.64. The Morgan fingerprint density at radius 1 is 1.05 bits per heavy atom. The second kappa shape index (κ2) is 5.65. The molecule has 104 valence electrons. The molecular formula is C17H18O3. The molecule has 0 aliphatic heterocycles. The quantitative estimate of drug-likeness (QED) is 0.898. The summed E-state index contributed by atoms with van der Waals surface area (Å²) in [7, 11) is 0. The summed E-state index contributed by atoms with van der Waals surface area (Å²) >= 11 is 0. The van der Waals surface area contributed by atoms with E-state index in [0.717, 1.165) is 40.8 Å². The average molecular weight is 270 g/mol. The molecule has 1 aliphatic carbocycles. The van der Waals surface area contributed by atoms with Crippen LogP contribution in [0.5, 0.6) is 5.75 Å². The van der Waals surface area contributed by atoms with Gasteiger partial charge in [0.1, 0.15) is 12.4 Å². The number of ether oxygens (including phenoxy) is 1. The zero-order valence-corrected chi connectivity index (χ0v) is 11.2. The predicted molar refractivity (Wildman–Crippen MR) is 76.4 cm³/mol. The van der Waals surface area contributed by atoms with Crippen molar-refractivity contribution in [2.24, 2.45) is 0 Å². The average Bonchev–Trinajstić information content (AvgIpc) is 2.88. The van der Waals surface area contributed by atoms with E-state index in [0.29, 0.717) is 6.61 Å². The van der Waals surface area contributed by atoms with Crippen molar-refractivity contribution < 1.29 is 14.9 Å². The van der Waals surface area contributed by atoms with Gasteiger partial charge in [-0.1, -0.05) is 36.4 Å². The van der Waals surface area contributed by atoms with E-state index < -0.39 is 0 Å². The summed E-state index contributed by atoms with van der Waals surface area (Å²) in [6, 6.07) is 13.6. The highest BCUT2D eigenvalue weighted by Gasteiger charge is 2.23. The van der Waals surface area contributed by atoms with Crippen LogP contribution in [0, 0.1) is 0 Å². The summed E-state index contributed by atoms with van der Waals surface area (Å²) in [5.74, 6) is 0.866. The van der Waals surface area contributed by atoms with Gasteiger partial charge in [0, 0.05) is 5.56 Å². The molecular weight excluding hydrogens is 252 g/mol.